The molecule has 0 aliphatic carbocycles. The lowest BCUT2D eigenvalue weighted by Gasteiger charge is -2.39. The topological polar surface area (TPSA) is 28.2 Å². The fourth-order valence-corrected chi connectivity index (χ4v) is 4.35. The van der Waals surface area contributed by atoms with E-state index in [1.807, 2.05) is 16.7 Å². The molecule has 0 unspecified atom stereocenters. The summed E-state index contributed by atoms with van der Waals surface area (Å²) in [6.45, 7) is 2.51. The van der Waals surface area contributed by atoms with Gasteiger partial charge >= 0.3 is 6.18 Å². The van der Waals surface area contributed by atoms with Crippen molar-refractivity contribution in [2.24, 2.45) is 0 Å². The average Bonchev–Trinajstić information content (AvgIpc) is 2.87. The van der Waals surface area contributed by atoms with Crippen molar-refractivity contribution < 1.29 is 13.2 Å². The lowest BCUT2D eigenvalue weighted by molar-refractivity contribution is -0.137. The summed E-state index contributed by atoms with van der Waals surface area (Å²) >= 11 is 7.93. The van der Waals surface area contributed by atoms with E-state index in [2.05, 4.69) is 10.3 Å². The fraction of sp³-hybridized carbons (Fsp3) is 0.615. The molecule has 0 atom stereocenters. The van der Waals surface area contributed by atoms with Crippen LogP contribution in [0.3, 0.4) is 0 Å². The van der Waals surface area contributed by atoms with Crippen LogP contribution in [-0.4, -0.2) is 35.2 Å². The third kappa shape index (κ3) is 3.58. The van der Waals surface area contributed by atoms with E-state index in [1.54, 1.807) is 0 Å². The van der Waals surface area contributed by atoms with Gasteiger partial charge in [-0.3, -0.25) is 0 Å². The highest BCUT2D eigenvalue weighted by atomic mass is 35.5. The number of hydrogen-bond acceptors (Lipinski definition) is 4. The Kier molecular flexibility index (Phi) is 5.42. The van der Waals surface area contributed by atoms with Gasteiger partial charge in [0, 0.05) is 31.6 Å². The molecular weight excluding hydrogens is 358 g/mol. The third-order valence-electron chi connectivity index (χ3n) is 3.95. The number of anilines is 1. The van der Waals surface area contributed by atoms with Gasteiger partial charge in [-0.05, 0) is 18.9 Å². The van der Waals surface area contributed by atoms with Crippen LogP contribution in [0.25, 0.3) is 0 Å². The van der Waals surface area contributed by atoms with Crippen molar-refractivity contribution in [1.29, 1.82) is 0 Å². The van der Waals surface area contributed by atoms with Crippen molar-refractivity contribution in [3.8, 4) is 0 Å². The molecule has 2 saturated heterocycles. The number of nitrogens with zero attached hydrogens (tertiary/aromatic N) is 2. The minimum absolute atomic E-state index is 0. The van der Waals surface area contributed by atoms with E-state index in [-0.39, 0.29) is 22.3 Å². The molecule has 3 heterocycles. The molecule has 2 fully saturated rings. The summed E-state index contributed by atoms with van der Waals surface area (Å²) in [5.41, 5.74) is -0.808. The number of nitrogens with one attached hydrogen (secondary N) is 1. The largest absolute Gasteiger partial charge is 0.417 e. The smallest absolute Gasteiger partial charge is 0.355 e. The number of halogens is 5. The Morgan fingerprint density at radius 1 is 1.32 bits per heavy atom. The second-order valence-corrected chi connectivity index (χ2v) is 7.17. The Morgan fingerprint density at radius 3 is 2.50 bits per heavy atom. The lowest BCUT2D eigenvalue weighted by Crippen LogP contribution is -2.48. The van der Waals surface area contributed by atoms with Gasteiger partial charge < -0.3 is 10.2 Å². The van der Waals surface area contributed by atoms with E-state index in [0.717, 1.165) is 50.5 Å². The number of hydrogen-bond donors (Lipinski definition) is 1. The van der Waals surface area contributed by atoms with E-state index >= 15 is 0 Å². The van der Waals surface area contributed by atoms with E-state index in [0.29, 0.717) is 5.82 Å². The van der Waals surface area contributed by atoms with Crippen molar-refractivity contribution in [2.75, 3.05) is 30.3 Å². The second-order valence-electron chi connectivity index (χ2n) is 5.28. The zero-order chi connectivity index (χ0) is 15.1. The highest BCUT2D eigenvalue weighted by Gasteiger charge is 2.38. The molecule has 0 radical (unpaired) electrons. The zero-order valence-corrected chi connectivity index (χ0v) is 14.0. The molecule has 2 aliphatic rings. The summed E-state index contributed by atoms with van der Waals surface area (Å²) in [7, 11) is 0. The summed E-state index contributed by atoms with van der Waals surface area (Å²) in [5, 5.41) is 3.58. The maximum absolute atomic E-state index is 12.6. The van der Waals surface area contributed by atoms with E-state index < -0.39 is 11.7 Å². The van der Waals surface area contributed by atoms with E-state index in [9.17, 15) is 13.2 Å². The van der Waals surface area contributed by atoms with E-state index in [1.165, 1.54) is 0 Å². The van der Waals surface area contributed by atoms with E-state index in [4.69, 9.17) is 11.6 Å². The van der Waals surface area contributed by atoms with Gasteiger partial charge in [0.15, 0.2) is 0 Å². The van der Waals surface area contributed by atoms with Gasteiger partial charge in [-0.2, -0.15) is 13.2 Å². The Morgan fingerprint density at radius 2 is 2.00 bits per heavy atom. The molecule has 124 valence electrons. The minimum Gasteiger partial charge on any atom is -0.355 e. The maximum atomic E-state index is 12.6. The normalized spacial score (nSPS) is 21.0. The number of pyridine rings is 1. The number of aromatic nitrogens is 1. The van der Waals surface area contributed by atoms with Crippen LogP contribution in [0.2, 0.25) is 5.02 Å². The van der Waals surface area contributed by atoms with Gasteiger partial charge in [-0.25, -0.2) is 4.98 Å². The molecule has 9 heteroatoms. The van der Waals surface area contributed by atoms with Gasteiger partial charge in [-0.1, -0.05) is 11.6 Å². The molecule has 0 amide bonds. The Labute approximate surface area is 142 Å². The number of piperidine rings is 1. The average molecular weight is 374 g/mol. The highest BCUT2D eigenvalue weighted by Crippen LogP contribution is 2.39. The molecule has 0 bridgehead atoms. The van der Waals surface area contributed by atoms with Crippen LogP contribution in [0.15, 0.2) is 12.3 Å². The zero-order valence-electron chi connectivity index (χ0n) is 11.6. The quantitative estimate of drug-likeness (QED) is 0.809. The molecule has 1 aromatic heterocycles. The molecule has 3 nitrogen and oxygen atoms in total. The Bertz CT molecular complexity index is 526. The summed E-state index contributed by atoms with van der Waals surface area (Å²) in [5.74, 6) is 1.56. The first-order valence-electron chi connectivity index (χ1n) is 6.76. The van der Waals surface area contributed by atoms with Crippen molar-refractivity contribution in [1.82, 2.24) is 10.3 Å². The monoisotopic (exact) mass is 373 g/mol. The van der Waals surface area contributed by atoms with Gasteiger partial charge in [0.25, 0.3) is 0 Å². The highest BCUT2D eigenvalue weighted by molar-refractivity contribution is 8.00. The van der Waals surface area contributed by atoms with Gasteiger partial charge in [0.1, 0.15) is 5.82 Å². The first kappa shape index (κ1) is 18.0. The van der Waals surface area contributed by atoms with Crippen LogP contribution < -0.4 is 10.2 Å². The predicted molar refractivity (Wildman–Crippen MR) is 86.1 cm³/mol. The number of rotatable bonds is 1. The minimum atomic E-state index is -4.41. The first-order chi connectivity index (χ1) is 9.90. The predicted octanol–water partition coefficient (Wildman–Crippen LogP) is 3.81. The van der Waals surface area contributed by atoms with Gasteiger partial charge in [-0.15, -0.1) is 24.2 Å². The summed E-state index contributed by atoms with van der Waals surface area (Å²) < 4.78 is 37.9. The second kappa shape index (κ2) is 6.63. The number of thioether (sulfide) groups is 1. The maximum Gasteiger partial charge on any atom is 0.417 e. The lowest BCUT2D eigenvalue weighted by atomic mass is 10.0. The van der Waals surface area contributed by atoms with Crippen LogP contribution in [0.1, 0.15) is 18.4 Å². The van der Waals surface area contributed by atoms with Crippen LogP contribution in [0, 0.1) is 0 Å². The van der Waals surface area contributed by atoms with Crippen LogP contribution >= 0.6 is 35.8 Å². The number of alkyl halides is 3. The van der Waals surface area contributed by atoms with Gasteiger partial charge in [0.05, 0.1) is 15.5 Å². The summed E-state index contributed by atoms with van der Waals surface area (Å²) in [6, 6.07) is 0.955. The molecule has 0 aromatic carbocycles. The standard InChI is InChI=1S/C13H15ClF3N3S.ClH/c14-10-7-9(13(15,16)17)8-18-11(10)20-4-1-12(2-5-20)19-3-6-21-12;/h7-8,19H,1-6H2;1H. The molecular formula is C13H16Cl2F3N3S. The SMILES string of the molecule is Cl.FC(F)(F)c1cnc(N2CCC3(CC2)NCCS3)c(Cl)c1. The van der Waals surface area contributed by atoms with Crippen LogP contribution in [-0.2, 0) is 6.18 Å². The Balaban J connectivity index is 0.00000176. The molecule has 0 saturated carbocycles. The first-order valence-corrected chi connectivity index (χ1v) is 8.13. The third-order valence-corrected chi connectivity index (χ3v) is 5.74. The molecule has 1 N–H and O–H groups in total. The van der Waals surface area contributed by atoms with Crippen molar-refractivity contribution in [3.05, 3.63) is 22.8 Å². The van der Waals surface area contributed by atoms with Gasteiger partial charge in [0.2, 0.25) is 0 Å². The summed E-state index contributed by atoms with van der Waals surface area (Å²) in [4.78, 5) is 6.03. The van der Waals surface area contributed by atoms with Crippen molar-refractivity contribution in [3.63, 3.8) is 0 Å². The Hall–Kier alpha value is -0.370. The van der Waals surface area contributed by atoms with Crippen molar-refractivity contribution in [2.45, 2.75) is 23.9 Å². The van der Waals surface area contributed by atoms with Crippen LogP contribution in [0.5, 0.6) is 0 Å². The molecule has 1 spiro atoms. The molecule has 3 rings (SSSR count). The molecule has 22 heavy (non-hydrogen) atoms. The van der Waals surface area contributed by atoms with Crippen LogP contribution in [0.4, 0.5) is 19.0 Å². The fourth-order valence-electron chi connectivity index (χ4n) is 2.80. The summed E-state index contributed by atoms with van der Waals surface area (Å²) in [6.07, 6.45) is -1.67. The molecule has 2 aliphatic heterocycles. The molecule has 1 aromatic rings. The van der Waals surface area contributed by atoms with Crippen molar-refractivity contribution >= 4 is 41.6 Å².